The SMILES string of the molecule is CN1C(=O)CO[C@@H]2CN(C(=O)CCCN3CCCC3)CC[C@]21c1ccccc1. The summed E-state index contributed by atoms with van der Waals surface area (Å²) >= 11 is 0. The van der Waals surface area contributed by atoms with Gasteiger partial charge in [-0.1, -0.05) is 30.3 Å². The van der Waals surface area contributed by atoms with E-state index in [-0.39, 0.29) is 24.5 Å². The molecular formula is C22H31N3O3. The van der Waals surface area contributed by atoms with E-state index in [9.17, 15) is 9.59 Å². The lowest BCUT2D eigenvalue weighted by Gasteiger charge is -2.54. The van der Waals surface area contributed by atoms with E-state index >= 15 is 0 Å². The van der Waals surface area contributed by atoms with Crippen LogP contribution in [0.4, 0.5) is 0 Å². The molecule has 28 heavy (non-hydrogen) atoms. The minimum Gasteiger partial charge on any atom is -0.364 e. The number of carbonyl (C=O) groups excluding carboxylic acids is 2. The average Bonchev–Trinajstić information content (AvgIpc) is 3.24. The molecule has 0 radical (unpaired) electrons. The largest absolute Gasteiger partial charge is 0.364 e. The van der Waals surface area contributed by atoms with Crippen molar-refractivity contribution in [3.63, 3.8) is 0 Å². The number of benzene rings is 1. The highest BCUT2D eigenvalue weighted by molar-refractivity contribution is 5.80. The molecular weight excluding hydrogens is 354 g/mol. The topological polar surface area (TPSA) is 53.1 Å². The summed E-state index contributed by atoms with van der Waals surface area (Å²) in [5.74, 6) is 0.217. The van der Waals surface area contributed by atoms with Gasteiger partial charge < -0.3 is 19.4 Å². The number of amides is 2. The van der Waals surface area contributed by atoms with Crippen molar-refractivity contribution in [1.82, 2.24) is 14.7 Å². The van der Waals surface area contributed by atoms with Gasteiger partial charge in [-0.2, -0.15) is 0 Å². The molecule has 3 heterocycles. The summed E-state index contributed by atoms with van der Waals surface area (Å²) in [6.07, 6.45) is 4.61. The van der Waals surface area contributed by atoms with Gasteiger partial charge in [0.1, 0.15) is 12.7 Å². The molecule has 3 saturated heterocycles. The number of ether oxygens (including phenoxy) is 1. The molecule has 0 unspecified atom stereocenters. The first kappa shape index (κ1) is 19.4. The molecule has 0 N–H and O–H groups in total. The molecule has 3 fully saturated rings. The molecule has 152 valence electrons. The van der Waals surface area contributed by atoms with E-state index in [4.69, 9.17) is 4.74 Å². The smallest absolute Gasteiger partial charge is 0.249 e. The van der Waals surface area contributed by atoms with Crippen LogP contribution in [-0.2, 0) is 19.9 Å². The van der Waals surface area contributed by atoms with E-state index in [1.165, 1.54) is 25.9 Å². The predicted octanol–water partition coefficient (Wildman–Crippen LogP) is 1.85. The molecule has 4 rings (SSSR count). The Morgan fingerprint density at radius 3 is 2.68 bits per heavy atom. The van der Waals surface area contributed by atoms with E-state index in [1.54, 1.807) is 0 Å². The van der Waals surface area contributed by atoms with Crippen molar-refractivity contribution in [2.24, 2.45) is 0 Å². The van der Waals surface area contributed by atoms with E-state index < -0.39 is 5.54 Å². The molecule has 1 aromatic carbocycles. The molecule has 6 nitrogen and oxygen atoms in total. The van der Waals surface area contributed by atoms with Gasteiger partial charge >= 0.3 is 0 Å². The summed E-state index contributed by atoms with van der Waals surface area (Å²) in [5.41, 5.74) is 0.611. The third-order valence-electron chi connectivity index (χ3n) is 6.75. The van der Waals surface area contributed by atoms with E-state index in [2.05, 4.69) is 17.0 Å². The first-order chi connectivity index (χ1) is 13.6. The van der Waals surface area contributed by atoms with Gasteiger partial charge in [-0.15, -0.1) is 0 Å². The van der Waals surface area contributed by atoms with Gasteiger partial charge in [0.2, 0.25) is 11.8 Å². The standard InChI is InChI=1S/C22H31N3O3/c1-23-21(27)17-28-19-16-25(20(26)10-7-14-24-12-5-6-13-24)15-11-22(19,23)18-8-3-2-4-9-18/h2-4,8-9,19H,5-7,10-17H2,1H3/t19-,22+/m1/s1. The van der Waals surface area contributed by atoms with Gasteiger partial charge in [0.15, 0.2) is 0 Å². The third kappa shape index (κ3) is 3.55. The van der Waals surface area contributed by atoms with Crippen molar-refractivity contribution in [2.75, 3.05) is 46.4 Å². The number of hydrogen-bond acceptors (Lipinski definition) is 4. The van der Waals surface area contributed by atoms with Crippen molar-refractivity contribution in [3.8, 4) is 0 Å². The lowest BCUT2D eigenvalue weighted by molar-refractivity contribution is -0.184. The Hall–Kier alpha value is -1.92. The van der Waals surface area contributed by atoms with Crippen LogP contribution in [0.15, 0.2) is 30.3 Å². The van der Waals surface area contributed by atoms with Crippen molar-refractivity contribution >= 4 is 11.8 Å². The van der Waals surface area contributed by atoms with Crippen LogP contribution in [-0.4, -0.2) is 79.0 Å². The van der Waals surface area contributed by atoms with E-state index in [1.807, 2.05) is 35.0 Å². The zero-order chi connectivity index (χ0) is 19.6. The Balaban J connectivity index is 1.43. The fourth-order valence-electron chi connectivity index (χ4n) is 5.07. The van der Waals surface area contributed by atoms with Crippen LogP contribution < -0.4 is 0 Å². The Morgan fingerprint density at radius 1 is 1.18 bits per heavy atom. The molecule has 3 aliphatic rings. The zero-order valence-electron chi connectivity index (χ0n) is 16.8. The first-order valence-corrected chi connectivity index (χ1v) is 10.6. The summed E-state index contributed by atoms with van der Waals surface area (Å²) in [6, 6.07) is 10.1. The highest BCUT2D eigenvalue weighted by atomic mass is 16.5. The highest BCUT2D eigenvalue weighted by Gasteiger charge is 2.53. The molecule has 3 aliphatic heterocycles. The van der Waals surface area contributed by atoms with Gasteiger partial charge in [0.25, 0.3) is 0 Å². The maximum Gasteiger partial charge on any atom is 0.249 e. The minimum absolute atomic E-state index is 0.00509. The second kappa shape index (κ2) is 8.21. The van der Waals surface area contributed by atoms with Crippen LogP contribution in [0, 0.1) is 0 Å². The predicted molar refractivity (Wildman–Crippen MR) is 107 cm³/mol. The molecule has 2 amide bonds. The zero-order valence-corrected chi connectivity index (χ0v) is 16.8. The van der Waals surface area contributed by atoms with Crippen LogP contribution >= 0.6 is 0 Å². The number of piperidine rings is 1. The number of hydrogen-bond donors (Lipinski definition) is 0. The molecule has 0 aromatic heterocycles. The molecule has 1 aromatic rings. The second-order valence-corrected chi connectivity index (χ2v) is 8.28. The van der Waals surface area contributed by atoms with Crippen molar-refractivity contribution in [1.29, 1.82) is 0 Å². The number of morpholine rings is 1. The van der Waals surface area contributed by atoms with Crippen LogP contribution in [0.3, 0.4) is 0 Å². The number of rotatable bonds is 5. The Labute approximate surface area is 167 Å². The van der Waals surface area contributed by atoms with Gasteiger partial charge in [0, 0.05) is 26.6 Å². The minimum atomic E-state index is -0.483. The van der Waals surface area contributed by atoms with E-state index in [0.717, 1.165) is 18.5 Å². The Morgan fingerprint density at radius 2 is 1.93 bits per heavy atom. The van der Waals surface area contributed by atoms with Crippen LogP contribution in [0.5, 0.6) is 0 Å². The monoisotopic (exact) mass is 385 g/mol. The normalized spacial score (nSPS) is 28.5. The second-order valence-electron chi connectivity index (χ2n) is 8.28. The average molecular weight is 386 g/mol. The summed E-state index contributed by atoms with van der Waals surface area (Å²) in [4.78, 5) is 31.5. The summed E-state index contributed by atoms with van der Waals surface area (Å²) < 4.78 is 6.00. The summed E-state index contributed by atoms with van der Waals surface area (Å²) in [7, 11) is 1.87. The quantitative estimate of drug-likeness (QED) is 0.776. The lowest BCUT2D eigenvalue weighted by Crippen LogP contribution is -2.67. The number of likely N-dealkylation sites (N-methyl/N-ethyl adjacent to an activating group) is 1. The molecule has 6 heteroatoms. The number of nitrogens with zero attached hydrogens (tertiary/aromatic N) is 3. The Kier molecular flexibility index (Phi) is 5.69. The Bertz CT molecular complexity index is 704. The van der Waals surface area contributed by atoms with Crippen molar-refractivity contribution in [2.45, 2.75) is 43.7 Å². The van der Waals surface area contributed by atoms with Crippen molar-refractivity contribution in [3.05, 3.63) is 35.9 Å². The lowest BCUT2D eigenvalue weighted by atomic mass is 9.76. The van der Waals surface area contributed by atoms with Gasteiger partial charge in [-0.3, -0.25) is 9.59 Å². The molecule has 2 atom stereocenters. The fourth-order valence-corrected chi connectivity index (χ4v) is 5.07. The van der Waals surface area contributed by atoms with Gasteiger partial charge in [-0.25, -0.2) is 0 Å². The number of likely N-dealkylation sites (tertiary alicyclic amines) is 2. The molecule has 0 saturated carbocycles. The van der Waals surface area contributed by atoms with Crippen LogP contribution in [0.1, 0.15) is 37.7 Å². The maximum absolute atomic E-state index is 12.8. The van der Waals surface area contributed by atoms with Crippen LogP contribution in [0.2, 0.25) is 0 Å². The summed E-state index contributed by atoms with van der Waals surface area (Å²) in [5, 5.41) is 0. The molecule has 0 spiro atoms. The van der Waals surface area contributed by atoms with Crippen LogP contribution in [0.25, 0.3) is 0 Å². The fraction of sp³-hybridized carbons (Fsp3) is 0.636. The number of carbonyl (C=O) groups is 2. The maximum atomic E-state index is 12.8. The van der Waals surface area contributed by atoms with Crippen molar-refractivity contribution < 1.29 is 14.3 Å². The molecule has 0 aliphatic carbocycles. The first-order valence-electron chi connectivity index (χ1n) is 10.6. The summed E-state index contributed by atoms with van der Waals surface area (Å²) in [6.45, 7) is 4.67. The molecule has 0 bridgehead atoms. The van der Waals surface area contributed by atoms with Gasteiger partial charge in [-0.05, 0) is 50.9 Å². The number of fused-ring (bicyclic) bond motifs is 1. The highest BCUT2D eigenvalue weighted by Crippen LogP contribution is 2.42. The van der Waals surface area contributed by atoms with Gasteiger partial charge in [0.05, 0.1) is 5.54 Å². The third-order valence-corrected chi connectivity index (χ3v) is 6.75. The van der Waals surface area contributed by atoms with E-state index in [0.29, 0.717) is 25.9 Å².